The van der Waals surface area contributed by atoms with Gasteiger partial charge < -0.3 is 9.67 Å². The summed E-state index contributed by atoms with van der Waals surface area (Å²) in [5, 5.41) is 10.8. The largest absolute Gasteiger partial charge is 0.384 e. The Labute approximate surface area is 209 Å². The molecule has 35 heavy (non-hydrogen) atoms. The Balaban J connectivity index is 1.74. The van der Waals surface area contributed by atoms with Crippen LogP contribution in [0.15, 0.2) is 77.8 Å². The Morgan fingerprint density at radius 2 is 1.71 bits per heavy atom. The minimum Gasteiger partial charge on any atom is -0.384 e. The predicted octanol–water partition coefficient (Wildman–Crippen LogP) is 5.94. The van der Waals surface area contributed by atoms with E-state index in [0.717, 1.165) is 16.8 Å². The first kappa shape index (κ1) is 25.1. The highest BCUT2D eigenvalue weighted by atomic mass is 35.5. The molecule has 0 saturated heterocycles. The number of rotatable bonds is 7. The van der Waals surface area contributed by atoms with Gasteiger partial charge in [0.2, 0.25) is 0 Å². The lowest BCUT2D eigenvalue weighted by Gasteiger charge is -2.13. The van der Waals surface area contributed by atoms with Crippen molar-refractivity contribution in [2.45, 2.75) is 37.7 Å². The van der Waals surface area contributed by atoms with Crippen molar-refractivity contribution in [2.24, 2.45) is 0 Å². The molecule has 0 aliphatic carbocycles. The Morgan fingerprint density at radius 1 is 1.03 bits per heavy atom. The smallest absolute Gasteiger partial charge is 0.178 e. The molecule has 3 aromatic carbocycles. The SMILES string of the molecule is CCS(=O)(=O)c1cccc(-c2ccc(-n3cc(C(C)(C)O)nc3Cc3c(F)cccc3Cl)cc2)c1. The van der Waals surface area contributed by atoms with E-state index < -0.39 is 21.3 Å². The number of imidazole rings is 1. The summed E-state index contributed by atoms with van der Waals surface area (Å²) in [7, 11) is -3.31. The Hall–Kier alpha value is -3.00. The van der Waals surface area contributed by atoms with Crippen molar-refractivity contribution in [3.8, 4) is 16.8 Å². The zero-order valence-electron chi connectivity index (χ0n) is 19.7. The lowest BCUT2D eigenvalue weighted by molar-refractivity contribution is 0.0741. The minimum atomic E-state index is -3.31. The van der Waals surface area contributed by atoms with Crippen LogP contribution in [0.4, 0.5) is 4.39 Å². The van der Waals surface area contributed by atoms with Crippen molar-refractivity contribution < 1.29 is 17.9 Å². The maximum Gasteiger partial charge on any atom is 0.178 e. The number of nitrogens with zero attached hydrogens (tertiary/aromatic N) is 2. The molecule has 182 valence electrons. The van der Waals surface area contributed by atoms with Crippen molar-refractivity contribution in [3.63, 3.8) is 0 Å². The van der Waals surface area contributed by atoms with Crippen LogP contribution in [0.3, 0.4) is 0 Å². The highest BCUT2D eigenvalue weighted by Gasteiger charge is 2.23. The number of aromatic nitrogens is 2. The molecular weight excluding hydrogens is 487 g/mol. The van der Waals surface area contributed by atoms with Crippen molar-refractivity contribution in [3.05, 3.63) is 101 Å². The molecule has 1 heterocycles. The Morgan fingerprint density at radius 3 is 2.34 bits per heavy atom. The quantitative estimate of drug-likeness (QED) is 0.332. The summed E-state index contributed by atoms with van der Waals surface area (Å²) in [6.45, 7) is 4.90. The molecule has 0 atom stereocenters. The normalized spacial score (nSPS) is 12.2. The number of halogens is 2. The van der Waals surface area contributed by atoms with Gasteiger partial charge in [-0.25, -0.2) is 17.8 Å². The molecule has 0 unspecified atom stereocenters. The highest BCUT2D eigenvalue weighted by Crippen LogP contribution is 2.29. The first-order valence-electron chi connectivity index (χ1n) is 11.2. The first-order valence-corrected chi connectivity index (χ1v) is 13.2. The van der Waals surface area contributed by atoms with Crippen LogP contribution in [0.5, 0.6) is 0 Å². The van der Waals surface area contributed by atoms with Crippen molar-refractivity contribution in [1.29, 1.82) is 0 Å². The summed E-state index contributed by atoms with van der Waals surface area (Å²) in [4.78, 5) is 4.87. The van der Waals surface area contributed by atoms with Crippen LogP contribution in [0.25, 0.3) is 16.8 Å². The van der Waals surface area contributed by atoms with Gasteiger partial charge in [-0.05, 0) is 61.4 Å². The van der Waals surface area contributed by atoms with Gasteiger partial charge in [-0.2, -0.15) is 0 Å². The molecule has 8 heteroatoms. The van der Waals surface area contributed by atoms with Gasteiger partial charge in [-0.3, -0.25) is 0 Å². The van der Waals surface area contributed by atoms with Crippen LogP contribution in [0.2, 0.25) is 5.02 Å². The van der Waals surface area contributed by atoms with Gasteiger partial charge in [0, 0.05) is 28.9 Å². The third-order valence-electron chi connectivity index (χ3n) is 5.85. The molecular formula is C27H26ClFN2O3S. The average molecular weight is 513 g/mol. The predicted molar refractivity (Wildman–Crippen MR) is 136 cm³/mol. The van der Waals surface area contributed by atoms with Gasteiger partial charge in [0.15, 0.2) is 9.84 Å². The number of benzene rings is 3. The van der Waals surface area contributed by atoms with E-state index in [1.54, 1.807) is 61.9 Å². The van der Waals surface area contributed by atoms with Crippen molar-refractivity contribution in [1.82, 2.24) is 9.55 Å². The number of hydrogen-bond donors (Lipinski definition) is 1. The number of aliphatic hydroxyl groups is 1. The minimum absolute atomic E-state index is 0.0361. The van der Waals surface area contributed by atoms with Gasteiger partial charge in [0.25, 0.3) is 0 Å². The van der Waals surface area contributed by atoms with Gasteiger partial charge >= 0.3 is 0 Å². The molecule has 0 aliphatic heterocycles. The second-order valence-electron chi connectivity index (χ2n) is 8.83. The number of sulfone groups is 1. The van der Waals surface area contributed by atoms with Crippen LogP contribution in [-0.2, 0) is 21.9 Å². The van der Waals surface area contributed by atoms with E-state index in [1.807, 2.05) is 30.3 Å². The summed E-state index contributed by atoms with van der Waals surface area (Å²) >= 11 is 6.25. The summed E-state index contributed by atoms with van der Waals surface area (Å²) in [6.07, 6.45) is 1.87. The second kappa shape index (κ2) is 9.57. The fraction of sp³-hybridized carbons (Fsp3) is 0.222. The lowest BCUT2D eigenvalue weighted by atomic mass is 10.1. The topological polar surface area (TPSA) is 72.2 Å². The highest BCUT2D eigenvalue weighted by molar-refractivity contribution is 7.91. The van der Waals surface area contributed by atoms with E-state index in [-0.39, 0.29) is 17.1 Å². The molecule has 0 fully saturated rings. The standard InChI is InChI=1S/C27H26ClFN2O3S/c1-4-35(33,34)21-8-5-7-19(15-21)18-11-13-20(14-12-18)31-17-25(27(2,3)32)30-26(31)16-22-23(28)9-6-10-24(22)29/h5-15,17,32H,4,16H2,1-3H3. The van der Waals surface area contributed by atoms with E-state index in [2.05, 4.69) is 4.98 Å². The summed E-state index contributed by atoms with van der Waals surface area (Å²) < 4.78 is 40.8. The summed E-state index contributed by atoms with van der Waals surface area (Å²) in [5.41, 5.74) is 1.98. The molecule has 0 amide bonds. The molecule has 4 aromatic rings. The molecule has 0 radical (unpaired) electrons. The van der Waals surface area contributed by atoms with Gasteiger partial charge in [0.1, 0.15) is 17.2 Å². The Bertz CT molecular complexity index is 1450. The zero-order valence-corrected chi connectivity index (χ0v) is 21.2. The van der Waals surface area contributed by atoms with Crippen molar-refractivity contribution >= 4 is 21.4 Å². The second-order valence-corrected chi connectivity index (χ2v) is 11.5. The molecule has 0 bridgehead atoms. The van der Waals surface area contributed by atoms with E-state index in [0.29, 0.717) is 22.1 Å². The molecule has 4 rings (SSSR count). The Kier molecular flexibility index (Phi) is 6.86. The average Bonchev–Trinajstić information content (AvgIpc) is 3.26. The van der Waals surface area contributed by atoms with E-state index in [9.17, 15) is 17.9 Å². The maximum atomic E-state index is 14.5. The fourth-order valence-electron chi connectivity index (χ4n) is 3.77. The van der Waals surface area contributed by atoms with Crippen LogP contribution in [0, 0.1) is 5.82 Å². The number of hydrogen-bond acceptors (Lipinski definition) is 4. The van der Waals surface area contributed by atoms with Crippen LogP contribution in [0.1, 0.15) is 37.9 Å². The molecule has 1 N–H and O–H groups in total. The lowest BCUT2D eigenvalue weighted by Crippen LogP contribution is -2.16. The van der Waals surface area contributed by atoms with Gasteiger partial charge in [0.05, 0.1) is 16.3 Å². The molecule has 5 nitrogen and oxygen atoms in total. The third kappa shape index (κ3) is 5.32. The first-order chi connectivity index (χ1) is 16.5. The van der Waals surface area contributed by atoms with E-state index in [4.69, 9.17) is 11.6 Å². The van der Waals surface area contributed by atoms with Crippen LogP contribution >= 0.6 is 11.6 Å². The molecule has 0 spiro atoms. The molecule has 1 aromatic heterocycles. The maximum absolute atomic E-state index is 14.5. The van der Waals surface area contributed by atoms with E-state index in [1.165, 1.54) is 6.07 Å². The monoisotopic (exact) mass is 512 g/mol. The van der Waals surface area contributed by atoms with Crippen molar-refractivity contribution in [2.75, 3.05) is 5.75 Å². The van der Waals surface area contributed by atoms with Gasteiger partial charge in [-0.1, -0.05) is 48.9 Å². The third-order valence-corrected chi connectivity index (χ3v) is 7.94. The molecule has 0 saturated carbocycles. The summed E-state index contributed by atoms with van der Waals surface area (Å²) in [6, 6.07) is 18.9. The van der Waals surface area contributed by atoms with Crippen LogP contribution in [-0.4, -0.2) is 28.8 Å². The molecule has 0 aliphatic rings. The van der Waals surface area contributed by atoms with Crippen LogP contribution < -0.4 is 0 Å². The van der Waals surface area contributed by atoms with Gasteiger partial charge in [-0.15, -0.1) is 0 Å². The summed E-state index contributed by atoms with van der Waals surface area (Å²) in [5.74, 6) is 0.140. The van der Waals surface area contributed by atoms with E-state index >= 15 is 0 Å². The fourth-order valence-corrected chi connectivity index (χ4v) is 4.93. The zero-order chi connectivity index (χ0) is 25.4.